The second kappa shape index (κ2) is 14.2. The van der Waals surface area contributed by atoms with Crippen molar-refractivity contribution in [1.29, 1.82) is 0 Å². The van der Waals surface area contributed by atoms with Crippen molar-refractivity contribution in [3.63, 3.8) is 0 Å². The molecule has 55 heavy (non-hydrogen) atoms. The molecule has 0 N–H and O–H groups in total. The van der Waals surface area contributed by atoms with E-state index in [1.807, 2.05) is 60.2 Å². The summed E-state index contributed by atoms with van der Waals surface area (Å²) in [5.74, 6) is 0. The van der Waals surface area contributed by atoms with E-state index in [2.05, 4.69) is 162 Å². The van der Waals surface area contributed by atoms with Crippen LogP contribution in [0, 0.1) is 0 Å². The summed E-state index contributed by atoms with van der Waals surface area (Å²) in [4.78, 5) is 9.84. The average molecular weight is 722 g/mol. The molecular weight excluding hydrogens is 687 g/mol. The Kier molecular flexibility index (Phi) is 8.43. The molecule has 0 bridgehead atoms. The summed E-state index contributed by atoms with van der Waals surface area (Å²) in [5.41, 5.74) is 11.5. The van der Waals surface area contributed by atoms with Gasteiger partial charge in [-0.2, -0.15) is 0 Å². The molecule has 0 saturated heterocycles. The Labute approximate surface area is 323 Å². The van der Waals surface area contributed by atoms with Crippen molar-refractivity contribution in [3.8, 4) is 27.9 Å². The summed E-state index contributed by atoms with van der Waals surface area (Å²) in [6.07, 6.45) is 3.49. The molecular formula is C51H35N3S. The Balaban J connectivity index is 1.08. The molecule has 10 rings (SSSR count). The number of rotatable bonds is 8. The fourth-order valence-electron chi connectivity index (χ4n) is 7.65. The van der Waals surface area contributed by atoms with E-state index in [4.69, 9.17) is 9.98 Å². The third-order valence-electron chi connectivity index (χ3n) is 10.4. The number of nitrogens with zero attached hydrogens (tertiary/aromatic N) is 3. The Bertz CT molecular complexity index is 3010. The van der Waals surface area contributed by atoms with E-state index >= 15 is 0 Å². The largest absolute Gasteiger partial charge is 0.309 e. The highest BCUT2D eigenvalue weighted by Crippen LogP contribution is 2.42. The van der Waals surface area contributed by atoms with Crippen LogP contribution in [-0.4, -0.2) is 17.0 Å². The number of benzene rings is 8. The Morgan fingerprint density at radius 1 is 0.436 bits per heavy atom. The highest BCUT2D eigenvalue weighted by Gasteiger charge is 2.17. The first-order chi connectivity index (χ1) is 27.3. The van der Waals surface area contributed by atoms with Crippen LogP contribution in [0.1, 0.15) is 22.9 Å². The molecule has 260 valence electrons. The highest BCUT2D eigenvalue weighted by atomic mass is 32.1. The van der Waals surface area contributed by atoms with Gasteiger partial charge in [-0.15, -0.1) is 11.3 Å². The molecule has 0 aliphatic carbocycles. The van der Waals surface area contributed by atoms with Crippen LogP contribution in [0.15, 0.2) is 204 Å². The molecule has 2 aromatic heterocycles. The first-order valence-electron chi connectivity index (χ1n) is 18.6. The number of hydrogen-bond donors (Lipinski definition) is 0. The first-order valence-corrected chi connectivity index (χ1v) is 19.4. The summed E-state index contributed by atoms with van der Waals surface area (Å²) in [5, 5.41) is 5.08. The Morgan fingerprint density at radius 3 is 1.87 bits per heavy atom. The van der Waals surface area contributed by atoms with Crippen molar-refractivity contribution in [1.82, 2.24) is 4.57 Å². The molecule has 0 aliphatic rings. The van der Waals surface area contributed by atoms with E-state index in [0.29, 0.717) is 0 Å². The molecule has 10 aromatic rings. The molecule has 1 unspecified atom stereocenters. The summed E-state index contributed by atoms with van der Waals surface area (Å²) < 4.78 is 5.05. The predicted octanol–water partition coefficient (Wildman–Crippen LogP) is 13.7. The normalized spacial score (nSPS) is 12.5. The van der Waals surface area contributed by atoms with Crippen LogP contribution in [0.25, 0.3) is 69.9 Å². The zero-order chi connectivity index (χ0) is 36.6. The molecule has 0 saturated carbocycles. The summed E-state index contributed by atoms with van der Waals surface area (Å²) in [6.45, 7) is 0. The van der Waals surface area contributed by atoms with E-state index in [1.165, 1.54) is 64.2 Å². The highest BCUT2D eigenvalue weighted by molar-refractivity contribution is 7.26. The summed E-state index contributed by atoms with van der Waals surface area (Å²) in [7, 11) is 0. The van der Waals surface area contributed by atoms with Crippen molar-refractivity contribution in [2.24, 2.45) is 9.98 Å². The monoisotopic (exact) mass is 721 g/mol. The Hall–Kier alpha value is -6.88. The van der Waals surface area contributed by atoms with E-state index < -0.39 is 0 Å². The van der Waals surface area contributed by atoms with E-state index in [-0.39, 0.29) is 6.17 Å². The minimum Gasteiger partial charge on any atom is -0.309 e. The van der Waals surface area contributed by atoms with Gasteiger partial charge in [0.05, 0.1) is 11.0 Å². The third-order valence-corrected chi connectivity index (χ3v) is 11.6. The molecule has 0 spiro atoms. The maximum absolute atomic E-state index is 4.97. The van der Waals surface area contributed by atoms with Gasteiger partial charge in [-0.05, 0) is 75.3 Å². The fraction of sp³-hybridized carbons (Fsp3) is 0.0196. The molecule has 0 amide bonds. The summed E-state index contributed by atoms with van der Waals surface area (Å²) in [6, 6.07) is 69.0. The quantitative estimate of drug-likeness (QED) is 0.140. The first kappa shape index (κ1) is 32.7. The van der Waals surface area contributed by atoms with Gasteiger partial charge in [0.15, 0.2) is 6.17 Å². The number of fused-ring (bicyclic) bond motifs is 6. The topological polar surface area (TPSA) is 29.6 Å². The zero-order valence-electron chi connectivity index (χ0n) is 30.0. The van der Waals surface area contributed by atoms with Gasteiger partial charge in [0.2, 0.25) is 0 Å². The SMILES string of the molecule is C(=N\C(/N=C/c1ccc(-n2c3ccc(-c4ccccc4)cc3c3ccc(-c4cccc5c4sc4ccccc45)cc32)cc1)c1ccccc1)/c1ccccc1. The molecule has 0 fully saturated rings. The van der Waals surface area contributed by atoms with Crippen LogP contribution in [0.5, 0.6) is 0 Å². The lowest BCUT2D eigenvalue weighted by molar-refractivity contribution is 0.787. The molecule has 2 heterocycles. The van der Waals surface area contributed by atoms with Crippen molar-refractivity contribution >= 4 is 65.7 Å². The van der Waals surface area contributed by atoms with Crippen LogP contribution >= 0.6 is 11.3 Å². The standard InChI is InChI=1S/C51H35N3S/c1-4-13-35(14-5-1)33-52-51(38-17-8-3-9-18-38)53-34-36-23-27-41(28-24-36)54-47-30-26-39(37-15-6-2-7-16-37)31-46(47)43-29-25-40(32-48(43)54)42-20-12-21-45-44-19-10-11-22-49(44)55-50(42)45/h1-34,51H/b52-33+,53-34+. The van der Waals surface area contributed by atoms with E-state index in [1.54, 1.807) is 0 Å². The number of hydrogen-bond acceptors (Lipinski definition) is 3. The van der Waals surface area contributed by atoms with Gasteiger partial charge < -0.3 is 4.57 Å². The zero-order valence-corrected chi connectivity index (χ0v) is 30.8. The van der Waals surface area contributed by atoms with Crippen LogP contribution < -0.4 is 0 Å². The molecule has 4 heteroatoms. The van der Waals surface area contributed by atoms with Crippen LogP contribution in [0.4, 0.5) is 0 Å². The molecule has 0 aliphatic heterocycles. The average Bonchev–Trinajstić information content (AvgIpc) is 3.80. The lowest BCUT2D eigenvalue weighted by atomic mass is 10.00. The van der Waals surface area contributed by atoms with E-state index in [0.717, 1.165) is 22.4 Å². The molecule has 1 atom stereocenters. The number of aliphatic imine (C=N–C) groups is 2. The van der Waals surface area contributed by atoms with Crippen LogP contribution in [0.3, 0.4) is 0 Å². The van der Waals surface area contributed by atoms with Gasteiger partial charge in [0.1, 0.15) is 0 Å². The predicted molar refractivity (Wildman–Crippen MR) is 235 cm³/mol. The molecule has 8 aromatic carbocycles. The van der Waals surface area contributed by atoms with Gasteiger partial charge in [-0.1, -0.05) is 158 Å². The molecule has 3 nitrogen and oxygen atoms in total. The maximum atomic E-state index is 4.97. The van der Waals surface area contributed by atoms with Gasteiger partial charge in [-0.3, -0.25) is 9.98 Å². The van der Waals surface area contributed by atoms with Crippen molar-refractivity contribution < 1.29 is 0 Å². The third kappa shape index (κ3) is 6.23. The lowest BCUT2D eigenvalue weighted by Crippen LogP contribution is -1.96. The second-order valence-electron chi connectivity index (χ2n) is 13.8. The molecule has 0 radical (unpaired) electrons. The second-order valence-corrected chi connectivity index (χ2v) is 14.8. The van der Waals surface area contributed by atoms with Crippen molar-refractivity contribution in [2.45, 2.75) is 6.17 Å². The van der Waals surface area contributed by atoms with Crippen molar-refractivity contribution in [2.75, 3.05) is 0 Å². The van der Waals surface area contributed by atoms with Gasteiger partial charge in [0.25, 0.3) is 0 Å². The smallest absolute Gasteiger partial charge is 0.165 e. The van der Waals surface area contributed by atoms with Gasteiger partial charge in [-0.25, -0.2) is 0 Å². The summed E-state index contributed by atoms with van der Waals surface area (Å²) >= 11 is 1.87. The van der Waals surface area contributed by atoms with Crippen LogP contribution in [-0.2, 0) is 0 Å². The fourth-order valence-corrected chi connectivity index (χ4v) is 8.89. The number of aromatic nitrogens is 1. The Morgan fingerprint density at radius 2 is 1.09 bits per heavy atom. The number of thiophene rings is 1. The minimum atomic E-state index is -0.346. The van der Waals surface area contributed by atoms with Gasteiger partial charge in [0, 0.05) is 49.1 Å². The van der Waals surface area contributed by atoms with Crippen molar-refractivity contribution in [3.05, 3.63) is 211 Å². The minimum absolute atomic E-state index is 0.346. The van der Waals surface area contributed by atoms with Crippen LogP contribution in [0.2, 0.25) is 0 Å². The van der Waals surface area contributed by atoms with E-state index in [9.17, 15) is 0 Å². The van der Waals surface area contributed by atoms with Gasteiger partial charge >= 0.3 is 0 Å². The lowest BCUT2D eigenvalue weighted by Gasteiger charge is -2.11. The maximum Gasteiger partial charge on any atom is 0.165 e.